The largest absolute Gasteiger partial charge is 0.488 e. The molecule has 0 saturated heterocycles. The molecule has 0 aliphatic rings. The Kier molecular flexibility index (Phi) is 8.37. The van der Waals surface area contributed by atoms with Gasteiger partial charge in [-0.05, 0) is 46.4 Å². The molecule has 0 unspecified atom stereocenters. The van der Waals surface area contributed by atoms with Crippen LogP contribution in [0.25, 0.3) is 0 Å². The molecule has 0 radical (unpaired) electrons. The molecule has 1 aromatic carbocycles. The SMILES string of the molecule is CNCCC(=O)NCc1ccc(C)cc1OC(C)(C)C.Cl. The van der Waals surface area contributed by atoms with Gasteiger partial charge in [-0.2, -0.15) is 0 Å². The van der Waals surface area contributed by atoms with Crippen LogP contribution in [0.2, 0.25) is 0 Å². The first-order chi connectivity index (χ1) is 9.31. The van der Waals surface area contributed by atoms with Crippen molar-refractivity contribution in [3.63, 3.8) is 0 Å². The maximum atomic E-state index is 11.6. The summed E-state index contributed by atoms with van der Waals surface area (Å²) in [5, 5.41) is 5.88. The second-order valence-corrected chi connectivity index (χ2v) is 5.96. The second-order valence-electron chi connectivity index (χ2n) is 5.96. The lowest BCUT2D eigenvalue weighted by molar-refractivity contribution is -0.121. The Morgan fingerprint density at radius 2 is 1.95 bits per heavy atom. The lowest BCUT2D eigenvalue weighted by Crippen LogP contribution is -2.27. The lowest BCUT2D eigenvalue weighted by Gasteiger charge is -2.23. The number of aryl methyl sites for hydroxylation is 1. The molecule has 4 nitrogen and oxygen atoms in total. The molecule has 1 aromatic rings. The molecule has 21 heavy (non-hydrogen) atoms. The fraction of sp³-hybridized carbons (Fsp3) is 0.562. The second kappa shape index (κ2) is 8.90. The van der Waals surface area contributed by atoms with Gasteiger partial charge >= 0.3 is 0 Å². The minimum absolute atomic E-state index is 0. The molecule has 0 spiro atoms. The van der Waals surface area contributed by atoms with Crippen LogP contribution in [0.5, 0.6) is 5.75 Å². The first-order valence-electron chi connectivity index (χ1n) is 7.01. The van der Waals surface area contributed by atoms with E-state index >= 15 is 0 Å². The van der Waals surface area contributed by atoms with Crippen molar-refractivity contribution in [3.8, 4) is 5.75 Å². The van der Waals surface area contributed by atoms with Crippen LogP contribution >= 0.6 is 12.4 Å². The van der Waals surface area contributed by atoms with E-state index in [0.29, 0.717) is 19.5 Å². The Hall–Kier alpha value is -1.26. The van der Waals surface area contributed by atoms with Crippen molar-refractivity contribution in [1.29, 1.82) is 0 Å². The van der Waals surface area contributed by atoms with E-state index in [1.54, 1.807) is 0 Å². The van der Waals surface area contributed by atoms with E-state index in [2.05, 4.69) is 10.6 Å². The van der Waals surface area contributed by atoms with Crippen LogP contribution in [0, 0.1) is 6.92 Å². The normalized spacial score (nSPS) is 10.7. The van der Waals surface area contributed by atoms with Gasteiger partial charge in [-0.3, -0.25) is 4.79 Å². The number of benzene rings is 1. The average Bonchev–Trinajstić information content (AvgIpc) is 2.33. The number of carbonyl (C=O) groups excluding carboxylic acids is 1. The fourth-order valence-corrected chi connectivity index (χ4v) is 1.75. The summed E-state index contributed by atoms with van der Waals surface area (Å²) < 4.78 is 5.96. The highest BCUT2D eigenvalue weighted by Crippen LogP contribution is 2.24. The predicted octanol–water partition coefficient (Wildman–Crippen LogP) is 2.82. The van der Waals surface area contributed by atoms with Crippen molar-refractivity contribution in [1.82, 2.24) is 10.6 Å². The van der Waals surface area contributed by atoms with Crippen molar-refractivity contribution >= 4 is 18.3 Å². The minimum atomic E-state index is -0.251. The number of carbonyl (C=O) groups is 1. The maximum absolute atomic E-state index is 11.6. The molecule has 120 valence electrons. The first kappa shape index (κ1) is 19.7. The number of ether oxygens (including phenoxy) is 1. The van der Waals surface area contributed by atoms with Gasteiger partial charge in [0.25, 0.3) is 0 Å². The number of amides is 1. The number of hydrogen-bond donors (Lipinski definition) is 2. The van der Waals surface area contributed by atoms with E-state index in [-0.39, 0.29) is 23.9 Å². The molecule has 0 saturated carbocycles. The molecule has 0 aliphatic carbocycles. The van der Waals surface area contributed by atoms with Gasteiger partial charge in [0.05, 0.1) is 0 Å². The molecular weight excluding hydrogens is 288 g/mol. The zero-order chi connectivity index (χ0) is 15.2. The smallest absolute Gasteiger partial charge is 0.221 e. The number of hydrogen-bond acceptors (Lipinski definition) is 3. The molecule has 1 rings (SSSR count). The third-order valence-corrected chi connectivity index (χ3v) is 2.72. The molecule has 0 fully saturated rings. The molecule has 0 bridgehead atoms. The summed E-state index contributed by atoms with van der Waals surface area (Å²) >= 11 is 0. The van der Waals surface area contributed by atoms with Gasteiger partial charge in [0.2, 0.25) is 5.91 Å². The van der Waals surface area contributed by atoms with Gasteiger partial charge in [-0.15, -0.1) is 12.4 Å². The Morgan fingerprint density at radius 1 is 1.29 bits per heavy atom. The summed E-state index contributed by atoms with van der Waals surface area (Å²) in [5.41, 5.74) is 1.90. The van der Waals surface area contributed by atoms with Crippen LogP contribution in [0.1, 0.15) is 38.3 Å². The van der Waals surface area contributed by atoms with Crippen molar-refractivity contribution in [2.24, 2.45) is 0 Å². The van der Waals surface area contributed by atoms with Crippen LogP contribution in [-0.2, 0) is 11.3 Å². The Morgan fingerprint density at radius 3 is 2.52 bits per heavy atom. The van der Waals surface area contributed by atoms with Crippen molar-refractivity contribution in [3.05, 3.63) is 29.3 Å². The van der Waals surface area contributed by atoms with Crippen molar-refractivity contribution in [2.45, 2.75) is 46.3 Å². The van der Waals surface area contributed by atoms with E-state index in [0.717, 1.165) is 16.9 Å². The van der Waals surface area contributed by atoms with Gasteiger partial charge in [0.1, 0.15) is 11.4 Å². The van der Waals surface area contributed by atoms with Crippen LogP contribution in [0.15, 0.2) is 18.2 Å². The van der Waals surface area contributed by atoms with Gasteiger partial charge in [0, 0.05) is 25.1 Å². The lowest BCUT2D eigenvalue weighted by atomic mass is 10.1. The Bertz CT molecular complexity index is 456. The Labute approximate surface area is 134 Å². The van der Waals surface area contributed by atoms with Crippen molar-refractivity contribution < 1.29 is 9.53 Å². The highest BCUT2D eigenvalue weighted by molar-refractivity contribution is 5.85. The number of nitrogens with one attached hydrogen (secondary N) is 2. The Balaban J connectivity index is 0.00000400. The van der Waals surface area contributed by atoms with Crippen molar-refractivity contribution in [2.75, 3.05) is 13.6 Å². The van der Waals surface area contributed by atoms with E-state index in [4.69, 9.17) is 4.74 Å². The molecule has 1 amide bonds. The van der Waals surface area contributed by atoms with Crippen LogP contribution in [0.4, 0.5) is 0 Å². The molecule has 5 heteroatoms. The van der Waals surface area contributed by atoms with Gasteiger partial charge in [-0.1, -0.05) is 12.1 Å². The third-order valence-electron chi connectivity index (χ3n) is 2.72. The molecular formula is C16H27ClN2O2. The van der Waals surface area contributed by atoms with E-state index in [1.165, 1.54) is 0 Å². The highest BCUT2D eigenvalue weighted by Gasteiger charge is 2.15. The third kappa shape index (κ3) is 7.93. The van der Waals surface area contributed by atoms with Crippen LogP contribution in [-0.4, -0.2) is 25.1 Å². The molecule has 0 aromatic heterocycles. The topological polar surface area (TPSA) is 50.4 Å². The predicted molar refractivity (Wildman–Crippen MR) is 89.2 cm³/mol. The summed E-state index contributed by atoms with van der Waals surface area (Å²) in [5.74, 6) is 0.882. The number of rotatable bonds is 6. The zero-order valence-corrected chi connectivity index (χ0v) is 14.4. The maximum Gasteiger partial charge on any atom is 0.221 e. The zero-order valence-electron chi connectivity index (χ0n) is 13.6. The van der Waals surface area contributed by atoms with E-state index < -0.39 is 0 Å². The minimum Gasteiger partial charge on any atom is -0.488 e. The average molecular weight is 315 g/mol. The summed E-state index contributed by atoms with van der Waals surface area (Å²) in [6.07, 6.45) is 0.484. The highest BCUT2D eigenvalue weighted by atomic mass is 35.5. The fourth-order valence-electron chi connectivity index (χ4n) is 1.75. The molecule has 2 N–H and O–H groups in total. The summed E-state index contributed by atoms with van der Waals surface area (Å²) in [6, 6.07) is 6.06. The van der Waals surface area contributed by atoms with Gasteiger partial charge in [-0.25, -0.2) is 0 Å². The van der Waals surface area contributed by atoms with E-state index in [1.807, 2.05) is 52.9 Å². The standard InChI is InChI=1S/C16H26N2O2.ClH/c1-12-6-7-13(11-18-15(19)8-9-17-5)14(10-12)20-16(2,3)4;/h6-7,10,17H,8-9,11H2,1-5H3,(H,18,19);1H. The monoisotopic (exact) mass is 314 g/mol. The summed E-state index contributed by atoms with van der Waals surface area (Å²) in [4.78, 5) is 11.6. The number of halogens is 1. The summed E-state index contributed by atoms with van der Waals surface area (Å²) in [6.45, 7) is 9.27. The molecule has 0 heterocycles. The quantitative estimate of drug-likeness (QED) is 0.849. The molecule has 0 atom stereocenters. The van der Waals surface area contributed by atoms with Gasteiger partial charge in [0.15, 0.2) is 0 Å². The summed E-state index contributed by atoms with van der Waals surface area (Å²) in [7, 11) is 1.84. The van der Waals surface area contributed by atoms with E-state index in [9.17, 15) is 4.79 Å². The van der Waals surface area contributed by atoms with Crippen LogP contribution < -0.4 is 15.4 Å². The molecule has 0 aliphatic heterocycles. The first-order valence-corrected chi connectivity index (χ1v) is 7.01. The van der Waals surface area contributed by atoms with Crippen LogP contribution in [0.3, 0.4) is 0 Å². The van der Waals surface area contributed by atoms with Gasteiger partial charge < -0.3 is 15.4 Å².